The molecule has 0 atom stereocenters. The Morgan fingerprint density at radius 3 is 2.63 bits per heavy atom. The van der Waals surface area contributed by atoms with Crippen molar-refractivity contribution in [2.75, 3.05) is 6.61 Å². The maximum atomic E-state index is 14.2. The first-order valence-electron chi connectivity index (χ1n) is 9.61. The summed E-state index contributed by atoms with van der Waals surface area (Å²) in [6.45, 7) is 12.2. The number of halogens is 1. The zero-order valence-electron chi connectivity index (χ0n) is 17.0. The molecular formula is C22H29FN2OSi. The minimum atomic E-state index is -1.10. The lowest BCUT2D eigenvalue weighted by atomic mass is 9.95. The molecule has 5 heteroatoms. The summed E-state index contributed by atoms with van der Waals surface area (Å²) in [6, 6.07) is 10.9. The molecule has 0 radical (unpaired) electrons. The molecule has 0 aliphatic heterocycles. The van der Waals surface area contributed by atoms with E-state index in [1.54, 1.807) is 6.07 Å². The first-order valence-corrected chi connectivity index (χ1v) is 13.3. The SMILES string of the molecule is CCc1cc(C)c(F)cc1-c1ccc2cnn(COCC[Si](C)(C)C)c2c1. The van der Waals surface area contributed by atoms with Crippen LogP contribution in [0.5, 0.6) is 0 Å². The van der Waals surface area contributed by atoms with Crippen molar-refractivity contribution < 1.29 is 9.13 Å². The van der Waals surface area contributed by atoms with Gasteiger partial charge in [-0.3, -0.25) is 0 Å². The van der Waals surface area contributed by atoms with E-state index in [0.29, 0.717) is 12.3 Å². The van der Waals surface area contributed by atoms with Crippen LogP contribution in [0.2, 0.25) is 25.7 Å². The van der Waals surface area contributed by atoms with Gasteiger partial charge in [-0.2, -0.15) is 5.10 Å². The Bertz CT molecular complexity index is 943. The summed E-state index contributed by atoms with van der Waals surface area (Å²) in [5.74, 6) is -0.162. The van der Waals surface area contributed by atoms with Crippen molar-refractivity contribution in [3.05, 3.63) is 53.5 Å². The summed E-state index contributed by atoms with van der Waals surface area (Å²) in [5.41, 5.74) is 4.84. The number of aryl methyl sites for hydroxylation is 2. The fourth-order valence-corrected chi connectivity index (χ4v) is 3.93. The van der Waals surface area contributed by atoms with Crippen LogP contribution in [0.3, 0.4) is 0 Å². The standard InChI is InChI=1S/C22H29FN2OSi/c1-6-17-11-16(2)21(23)13-20(17)18-7-8-19-14-24-25(22(19)12-18)15-26-9-10-27(3,4)5/h7-8,11-14H,6,9-10,15H2,1-5H3. The topological polar surface area (TPSA) is 27.1 Å². The number of aromatic nitrogens is 2. The zero-order valence-corrected chi connectivity index (χ0v) is 18.0. The predicted molar refractivity (Wildman–Crippen MR) is 113 cm³/mol. The fourth-order valence-electron chi connectivity index (χ4n) is 3.17. The molecule has 3 aromatic rings. The van der Waals surface area contributed by atoms with Gasteiger partial charge in [-0.15, -0.1) is 0 Å². The summed E-state index contributed by atoms with van der Waals surface area (Å²) in [7, 11) is -1.10. The van der Waals surface area contributed by atoms with E-state index in [0.717, 1.165) is 46.7 Å². The van der Waals surface area contributed by atoms with Crippen molar-refractivity contribution in [2.45, 2.75) is 52.7 Å². The molecule has 27 heavy (non-hydrogen) atoms. The van der Waals surface area contributed by atoms with E-state index in [4.69, 9.17) is 4.74 Å². The van der Waals surface area contributed by atoms with Gasteiger partial charge in [0, 0.05) is 20.1 Å². The van der Waals surface area contributed by atoms with E-state index in [9.17, 15) is 4.39 Å². The molecule has 0 bridgehead atoms. The molecular weight excluding hydrogens is 355 g/mol. The van der Waals surface area contributed by atoms with Gasteiger partial charge in [0.2, 0.25) is 0 Å². The minimum absolute atomic E-state index is 0.162. The Balaban J connectivity index is 1.88. The molecule has 3 nitrogen and oxygen atoms in total. The number of hydrogen-bond donors (Lipinski definition) is 0. The van der Waals surface area contributed by atoms with Crippen molar-refractivity contribution in [2.24, 2.45) is 0 Å². The molecule has 3 rings (SSSR count). The van der Waals surface area contributed by atoms with E-state index in [-0.39, 0.29) is 5.82 Å². The molecule has 1 aromatic heterocycles. The lowest BCUT2D eigenvalue weighted by molar-refractivity contribution is 0.0817. The molecule has 0 saturated heterocycles. The first kappa shape index (κ1) is 19.8. The van der Waals surface area contributed by atoms with Gasteiger partial charge < -0.3 is 4.74 Å². The van der Waals surface area contributed by atoms with Crippen molar-refractivity contribution in [1.82, 2.24) is 9.78 Å². The van der Waals surface area contributed by atoms with Gasteiger partial charge in [-0.25, -0.2) is 9.07 Å². The third kappa shape index (κ3) is 4.65. The van der Waals surface area contributed by atoms with Crippen LogP contribution in [0.25, 0.3) is 22.0 Å². The average molecular weight is 385 g/mol. The number of benzene rings is 2. The molecule has 1 heterocycles. The van der Waals surface area contributed by atoms with Gasteiger partial charge in [-0.1, -0.05) is 44.8 Å². The van der Waals surface area contributed by atoms with E-state index in [1.807, 2.05) is 36.0 Å². The lowest BCUT2D eigenvalue weighted by Gasteiger charge is -2.15. The summed E-state index contributed by atoms with van der Waals surface area (Å²) in [5, 5.41) is 5.54. The van der Waals surface area contributed by atoms with Crippen LogP contribution < -0.4 is 0 Å². The third-order valence-electron chi connectivity index (χ3n) is 4.93. The molecule has 0 aliphatic carbocycles. The van der Waals surface area contributed by atoms with E-state index < -0.39 is 8.07 Å². The number of ether oxygens (including phenoxy) is 1. The van der Waals surface area contributed by atoms with Gasteiger partial charge in [0.1, 0.15) is 12.5 Å². The maximum Gasteiger partial charge on any atom is 0.139 e. The second-order valence-corrected chi connectivity index (χ2v) is 14.0. The van der Waals surface area contributed by atoms with Gasteiger partial charge in [-0.05, 0) is 53.8 Å². The maximum absolute atomic E-state index is 14.2. The molecule has 0 aliphatic rings. The molecule has 0 amide bonds. The number of hydrogen-bond acceptors (Lipinski definition) is 2. The summed E-state index contributed by atoms with van der Waals surface area (Å²) in [4.78, 5) is 0. The molecule has 0 saturated carbocycles. The Labute approximate surface area is 162 Å². The first-order chi connectivity index (χ1) is 12.8. The minimum Gasteiger partial charge on any atom is -0.360 e. The summed E-state index contributed by atoms with van der Waals surface area (Å²) >= 11 is 0. The van der Waals surface area contributed by atoms with Crippen LogP contribution in [0.4, 0.5) is 4.39 Å². The number of rotatable bonds is 7. The largest absolute Gasteiger partial charge is 0.360 e. The molecule has 0 unspecified atom stereocenters. The van der Waals surface area contributed by atoms with Crippen molar-refractivity contribution in [3.63, 3.8) is 0 Å². The van der Waals surface area contributed by atoms with Crippen LogP contribution in [-0.4, -0.2) is 24.5 Å². The Kier molecular flexibility index (Phi) is 5.82. The van der Waals surface area contributed by atoms with Crippen LogP contribution in [-0.2, 0) is 17.9 Å². The number of nitrogens with zero attached hydrogens (tertiary/aromatic N) is 2. The highest BCUT2D eigenvalue weighted by Crippen LogP contribution is 2.29. The smallest absolute Gasteiger partial charge is 0.139 e. The fraction of sp³-hybridized carbons (Fsp3) is 0.409. The van der Waals surface area contributed by atoms with Crippen molar-refractivity contribution in [3.8, 4) is 11.1 Å². The Morgan fingerprint density at radius 2 is 1.93 bits per heavy atom. The second-order valence-electron chi connectivity index (χ2n) is 8.38. The number of fused-ring (bicyclic) bond motifs is 1. The van der Waals surface area contributed by atoms with E-state index in [2.05, 4.69) is 37.7 Å². The second kappa shape index (κ2) is 7.95. The molecule has 2 aromatic carbocycles. The highest BCUT2D eigenvalue weighted by Gasteiger charge is 2.13. The summed E-state index contributed by atoms with van der Waals surface area (Å²) < 4.78 is 21.9. The average Bonchev–Trinajstić information content (AvgIpc) is 3.02. The highest BCUT2D eigenvalue weighted by atomic mass is 28.3. The Hall–Kier alpha value is -1.98. The van der Waals surface area contributed by atoms with Gasteiger partial charge in [0.05, 0.1) is 11.7 Å². The van der Waals surface area contributed by atoms with Crippen LogP contribution in [0.15, 0.2) is 36.5 Å². The van der Waals surface area contributed by atoms with Gasteiger partial charge in [0.15, 0.2) is 0 Å². The molecule has 0 N–H and O–H groups in total. The van der Waals surface area contributed by atoms with Gasteiger partial charge >= 0.3 is 0 Å². The zero-order chi connectivity index (χ0) is 19.6. The quantitative estimate of drug-likeness (QED) is 0.367. The van der Waals surface area contributed by atoms with E-state index >= 15 is 0 Å². The Morgan fingerprint density at radius 1 is 1.15 bits per heavy atom. The molecule has 144 valence electrons. The monoisotopic (exact) mass is 384 g/mol. The van der Waals surface area contributed by atoms with Crippen molar-refractivity contribution in [1.29, 1.82) is 0 Å². The normalized spacial score (nSPS) is 12.1. The summed E-state index contributed by atoms with van der Waals surface area (Å²) in [6.07, 6.45) is 2.73. The molecule has 0 fully saturated rings. The lowest BCUT2D eigenvalue weighted by Crippen LogP contribution is -2.22. The van der Waals surface area contributed by atoms with E-state index in [1.165, 1.54) is 0 Å². The van der Waals surface area contributed by atoms with Crippen molar-refractivity contribution >= 4 is 19.0 Å². The highest BCUT2D eigenvalue weighted by molar-refractivity contribution is 6.76. The van der Waals surface area contributed by atoms with Crippen LogP contribution in [0.1, 0.15) is 18.1 Å². The third-order valence-corrected chi connectivity index (χ3v) is 6.64. The van der Waals surface area contributed by atoms with Crippen LogP contribution >= 0.6 is 0 Å². The molecule has 0 spiro atoms. The van der Waals surface area contributed by atoms with Crippen LogP contribution in [0, 0.1) is 12.7 Å². The van der Waals surface area contributed by atoms with Gasteiger partial charge in [0.25, 0.3) is 0 Å². The predicted octanol–water partition coefficient (Wildman–Crippen LogP) is 6.03.